The Bertz CT molecular complexity index is 1380. The van der Waals surface area contributed by atoms with Gasteiger partial charge in [0, 0.05) is 18.3 Å². The Morgan fingerprint density at radius 1 is 1.02 bits per heavy atom. The number of esters is 1. The van der Waals surface area contributed by atoms with Crippen molar-refractivity contribution in [2.75, 3.05) is 6.61 Å². The Labute approximate surface area is 278 Å². The average Bonchev–Trinajstić information content (AvgIpc) is 3.49. The van der Waals surface area contributed by atoms with Crippen LogP contribution in [0.3, 0.4) is 0 Å². The second kappa shape index (κ2) is 9.81. The van der Waals surface area contributed by atoms with Crippen LogP contribution in [0.5, 0.6) is 0 Å². The number of aliphatic hydroxyl groups is 4. The van der Waals surface area contributed by atoms with Gasteiger partial charge in [-0.2, -0.15) is 0 Å². The fourth-order valence-corrected chi connectivity index (χ4v) is 13.5. The molecule has 7 fully saturated rings. The molecule has 1 unspecified atom stereocenters. The molecule has 2 bridgehead atoms. The second-order valence-electron chi connectivity index (χ2n) is 18.4. The summed E-state index contributed by atoms with van der Waals surface area (Å²) in [5.41, 5.74) is -0.442. The van der Waals surface area contributed by atoms with Crippen LogP contribution in [0, 0.1) is 44.8 Å². The first-order chi connectivity index (χ1) is 21.8. The summed E-state index contributed by atoms with van der Waals surface area (Å²) in [4.78, 5) is 12.1. The highest BCUT2D eigenvalue weighted by Crippen LogP contribution is 2.89. The number of ether oxygens (including phenoxy) is 5. The van der Waals surface area contributed by atoms with Crippen LogP contribution in [0.15, 0.2) is 11.6 Å². The molecule has 5 aliphatic carbocycles. The van der Waals surface area contributed by atoms with Gasteiger partial charge in [-0.05, 0) is 92.3 Å². The molecule has 0 aromatic rings. The maximum Gasteiger partial charge on any atom is 0.303 e. The van der Waals surface area contributed by atoms with Crippen LogP contribution in [0.1, 0.15) is 100 Å². The third kappa shape index (κ3) is 3.83. The van der Waals surface area contributed by atoms with Crippen LogP contribution >= 0.6 is 0 Å². The average molecular weight is 661 g/mol. The van der Waals surface area contributed by atoms with E-state index < -0.39 is 53.6 Å². The van der Waals surface area contributed by atoms with Gasteiger partial charge in [0.2, 0.25) is 0 Å². The maximum atomic E-state index is 12.8. The lowest BCUT2D eigenvalue weighted by atomic mass is 9.44. The van der Waals surface area contributed by atoms with Gasteiger partial charge in [-0.25, -0.2) is 0 Å². The number of aliphatic hydroxyl groups excluding tert-OH is 4. The summed E-state index contributed by atoms with van der Waals surface area (Å²) in [7, 11) is 0. The lowest BCUT2D eigenvalue weighted by Crippen LogP contribution is -2.58. The molecule has 10 nitrogen and oxygen atoms in total. The summed E-state index contributed by atoms with van der Waals surface area (Å²) in [5.74, 6) is -0.922. The molecule has 0 aromatic carbocycles. The molecule has 3 spiro atoms. The topological polar surface area (TPSA) is 144 Å². The van der Waals surface area contributed by atoms with Gasteiger partial charge in [0.25, 0.3) is 0 Å². The molecule has 10 heteroatoms. The zero-order valence-electron chi connectivity index (χ0n) is 29.3. The van der Waals surface area contributed by atoms with E-state index in [1.165, 1.54) is 12.5 Å². The van der Waals surface area contributed by atoms with Crippen molar-refractivity contribution in [1.29, 1.82) is 0 Å². The molecule has 8 rings (SSSR count). The van der Waals surface area contributed by atoms with E-state index in [-0.39, 0.29) is 58.3 Å². The largest absolute Gasteiger partial charge is 0.457 e. The normalized spacial score (nSPS) is 57.1. The van der Waals surface area contributed by atoms with Crippen molar-refractivity contribution in [3.05, 3.63) is 11.6 Å². The second-order valence-corrected chi connectivity index (χ2v) is 18.4. The van der Waals surface area contributed by atoms with Gasteiger partial charge >= 0.3 is 5.97 Å². The standard InChI is InChI=1S/C37H56O10/c1-18-15-21-28(32(5,6)45-19(2)38)47-37(46-21)27(18)33(7)13-14-36-17-35(36)12-11-24(44-29-26(41)25(40)20(39)16-43-29)31(3,4)22(35)9-10-23(36)34(33,8)30(37)42/h10,18,20-22,24-30,39-42H,9,11-17H2,1-8H3/t18-,20-,21-,22+,24+,25+,26-,27-,28+,29+,30-,33-,34-,35-,36+,37?/m1/s1. The molecule has 0 amide bonds. The van der Waals surface area contributed by atoms with Crippen molar-refractivity contribution < 1.29 is 48.9 Å². The third-order valence-electron chi connectivity index (χ3n) is 15.6. The molecule has 16 atom stereocenters. The van der Waals surface area contributed by atoms with E-state index in [0.717, 1.165) is 44.9 Å². The van der Waals surface area contributed by atoms with Gasteiger partial charge in [0.1, 0.15) is 36.1 Å². The predicted octanol–water partition coefficient (Wildman–Crippen LogP) is 3.61. The Hall–Kier alpha value is -1.11. The molecule has 3 heterocycles. The van der Waals surface area contributed by atoms with E-state index in [0.29, 0.717) is 5.92 Å². The molecule has 0 radical (unpaired) electrons. The molecule has 47 heavy (non-hydrogen) atoms. The first-order valence-corrected chi connectivity index (χ1v) is 18.1. The third-order valence-corrected chi connectivity index (χ3v) is 15.6. The SMILES string of the molecule is CC(=O)OC(C)(C)[C@H]1OC23O[C@@H]1C[C@@H](C)[C@@H]2[C@@]1(C)CC[C@@]24C[C@@]25CC[C@H](O[C@@H]2OC[C@@H](O)[C@H](O)[C@H]2O)C(C)(C)[C@@H]5CC=C4[C@]1(C)[C@H]3O. The Morgan fingerprint density at radius 2 is 1.74 bits per heavy atom. The number of fused-ring (bicyclic) bond motifs is 4. The van der Waals surface area contributed by atoms with E-state index in [2.05, 4.69) is 40.7 Å². The number of carbonyl (C=O) groups excluding carboxylic acids is 1. The number of hydrogen-bond donors (Lipinski definition) is 4. The minimum absolute atomic E-state index is 0.00363. The molecule has 4 saturated carbocycles. The first kappa shape index (κ1) is 33.1. The van der Waals surface area contributed by atoms with Crippen molar-refractivity contribution in [3.8, 4) is 0 Å². The molecular formula is C37H56O10. The van der Waals surface area contributed by atoms with Crippen molar-refractivity contribution in [1.82, 2.24) is 0 Å². The predicted molar refractivity (Wildman–Crippen MR) is 168 cm³/mol. The van der Waals surface area contributed by atoms with Crippen LogP contribution in [0.2, 0.25) is 0 Å². The van der Waals surface area contributed by atoms with Crippen LogP contribution in [-0.4, -0.2) is 93.4 Å². The summed E-state index contributed by atoms with van der Waals surface area (Å²) in [6.45, 7) is 16.6. The summed E-state index contributed by atoms with van der Waals surface area (Å²) < 4.78 is 31.8. The van der Waals surface area contributed by atoms with Crippen molar-refractivity contribution >= 4 is 5.97 Å². The fraction of sp³-hybridized carbons (Fsp3) is 0.919. The highest BCUT2D eigenvalue weighted by Gasteiger charge is 2.86. The number of hydrogen-bond acceptors (Lipinski definition) is 10. The molecule has 264 valence electrons. The van der Waals surface area contributed by atoms with Gasteiger partial charge in [-0.1, -0.05) is 46.3 Å². The minimum Gasteiger partial charge on any atom is -0.457 e. The van der Waals surface area contributed by atoms with Gasteiger partial charge in [0.15, 0.2) is 12.1 Å². The Morgan fingerprint density at radius 3 is 2.45 bits per heavy atom. The zero-order chi connectivity index (χ0) is 33.9. The summed E-state index contributed by atoms with van der Waals surface area (Å²) in [6.07, 6.45) is 2.55. The monoisotopic (exact) mass is 660 g/mol. The van der Waals surface area contributed by atoms with Crippen LogP contribution in [-0.2, 0) is 28.5 Å². The lowest BCUT2D eigenvalue weighted by Gasteiger charge is -2.60. The highest BCUT2D eigenvalue weighted by molar-refractivity contribution is 5.66. The summed E-state index contributed by atoms with van der Waals surface area (Å²) in [6, 6.07) is 0. The van der Waals surface area contributed by atoms with Crippen LogP contribution < -0.4 is 0 Å². The van der Waals surface area contributed by atoms with Gasteiger partial charge < -0.3 is 44.1 Å². The Balaban J connectivity index is 1.12. The number of rotatable bonds is 4. The van der Waals surface area contributed by atoms with Crippen molar-refractivity contribution in [3.63, 3.8) is 0 Å². The molecule has 4 N–H and O–H groups in total. The van der Waals surface area contributed by atoms with E-state index in [4.69, 9.17) is 23.7 Å². The van der Waals surface area contributed by atoms with E-state index in [1.807, 2.05) is 13.8 Å². The fourth-order valence-electron chi connectivity index (χ4n) is 13.5. The molecule has 0 aromatic heterocycles. The molecular weight excluding hydrogens is 604 g/mol. The van der Waals surface area contributed by atoms with Gasteiger partial charge in [-0.3, -0.25) is 4.79 Å². The van der Waals surface area contributed by atoms with Gasteiger partial charge in [0.05, 0.1) is 18.8 Å². The number of carbonyl (C=O) groups is 1. The molecule has 8 aliphatic rings. The molecule has 3 aliphatic heterocycles. The zero-order valence-corrected chi connectivity index (χ0v) is 29.3. The van der Waals surface area contributed by atoms with Crippen LogP contribution in [0.4, 0.5) is 0 Å². The van der Waals surface area contributed by atoms with E-state index >= 15 is 0 Å². The summed E-state index contributed by atoms with van der Waals surface area (Å²) >= 11 is 0. The lowest BCUT2D eigenvalue weighted by molar-refractivity contribution is -0.300. The van der Waals surface area contributed by atoms with Gasteiger partial charge in [-0.15, -0.1) is 0 Å². The minimum atomic E-state index is -1.31. The van der Waals surface area contributed by atoms with Crippen LogP contribution in [0.25, 0.3) is 0 Å². The number of allylic oxidation sites excluding steroid dienone is 1. The smallest absolute Gasteiger partial charge is 0.303 e. The first-order valence-electron chi connectivity index (χ1n) is 18.1. The highest BCUT2D eigenvalue weighted by atomic mass is 16.8. The quantitative estimate of drug-likeness (QED) is 0.261. The molecule has 3 saturated heterocycles. The van der Waals surface area contributed by atoms with Crippen molar-refractivity contribution in [2.24, 2.45) is 44.8 Å². The summed E-state index contributed by atoms with van der Waals surface area (Å²) in [5, 5.41) is 43.6. The van der Waals surface area contributed by atoms with E-state index in [1.54, 1.807) is 0 Å². The Kier molecular flexibility index (Phi) is 6.90. The maximum absolute atomic E-state index is 12.8. The van der Waals surface area contributed by atoms with E-state index in [9.17, 15) is 25.2 Å². The van der Waals surface area contributed by atoms with Crippen molar-refractivity contribution in [2.45, 2.75) is 161 Å².